The minimum absolute atomic E-state index is 0.317. The lowest BCUT2D eigenvalue weighted by molar-refractivity contribution is -0.129. The maximum Gasteiger partial charge on any atom is 0.226 e. The molecule has 14 heavy (non-hydrogen) atoms. The van der Waals surface area contributed by atoms with Crippen molar-refractivity contribution in [2.75, 3.05) is 13.1 Å². The number of likely N-dealkylation sites (tertiary alicyclic amines) is 1. The molecule has 0 aliphatic carbocycles. The van der Waals surface area contributed by atoms with Crippen molar-refractivity contribution in [3.63, 3.8) is 0 Å². The predicted octanol–water partition coefficient (Wildman–Crippen LogP) is 1.61. The maximum absolute atomic E-state index is 11.8. The van der Waals surface area contributed by atoms with Gasteiger partial charge in [-0.1, -0.05) is 6.42 Å². The number of carbonyl (C=O) groups excluding carboxylic acids is 1. The Morgan fingerprint density at radius 1 is 1.14 bits per heavy atom. The second-order valence-corrected chi connectivity index (χ2v) is 4.05. The zero-order valence-corrected chi connectivity index (χ0v) is 8.59. The van der Waals surface area contributed by atoms with E-state index in [2.05, 4.69) is 5.32 Å². The highest BCUT2D eigenvalue weighted by atomic mass is 16.2. The first-order valence-electron chi connectivity index (χ1n) is 5.61. The molecule has 0 unspecified atom stereocenters. The van der Waals surface area contributed by atoms with E-state index in [1.54, 1.807) is 0 Å². The molecule has 78 valence electrons. The van der Waals surface area contributed by atoms with Crippen molar-refractivity contribution < 1.29 is 4.79 Å². The summed E-state index contributed by atoms with van der Waals surface area (Å²) in [5.74, 6) is 0.317. The molecule has 2 rings (SSSR count). The Hall–Kier alpha value is -0.990. The van der Waals surface area contributed by atoms with Gasteiger partial charge in [-0.2, -0.15) is 0 Å². The van der Waals surface area contributed by atoms with Crippen LogP contribution in [-0.4, -0.2) is 23.9 Å². The highest BCUT2D eigenvalue weighted by Gasteiger charge is 2.20. The summed E-state index contributed by atoms with van der Waals surface area (Å²) in [6.07, 6.45) is 8.38. The van der Waals surface area contributed by atoms with Crippen molar-refractivity contribution in [1.82, 2.24) is 10.2 Å². The standard InChI is InChI=1S/C11H18N2O/c14-11-6-2-1-3-8-13(11)10-5-4-7-12-9-10/h9,12H,1-8H2. The number of nitrogens with one attached hydrogen (secondary N) is 1. The van der Waals surface area contributed by atoms with Gasteiger partial charge >= 0.3 is 0 Å². The van der Waals surface area contributed by atoms with Crippen LogP contribution in [0, 0.1) is 0 Å². The minimum Gasteiger partial charge on any atom is -0.389 e. The van der Waals surface area contributed by atoms with Gasteiger partial charge in [-0.15, -0.1) is 0 Å². The van der Waals surface area contributed by atoms with E-state index < -0.39 is 0 Å². The van der Waals surface area contributed by atoms with Gasteiger partial charge in [0, 0.05) is 31.4 Å². The first-order valence-corrected chi connectivity index (χ1v) is 5.61. The van der Waals surface area contributed by atoms with Crippen molar-refractivity contribution >= 4 is 5.91 Å². The molecule has 1 N–H and O–H groups in total. The molecular weight excluding hydrogens is 176 g/mol. The van der Waals surface area contributed by atoms with E-state index in [1.807, 2.05) is 11.1 Å². The summed E-state index contributed by atoms with van der Waals surface area (Å²) < 4.78 is 0. The van der Waals surface area contributed by atoms with Crippen LogP contribution in [-0.2, 0) is 4.79 Å². The van der Waals surface area contributed by atoms with Gasteiger partial charge in [0.15, 0.2) is 0 Å². The smallest absolute Gasteiger partial charge is 0.226 e. The van der Waals surface area contributed by atoms with Crippen molar-refractivity contribution in [2.45, 2.75) is 38.5 Å². The average Bonchev–Trinajstić information content (AvgIpc) is 2.44. The van der Waals surface area contributed by atoms with Crippen LogP contribution in [0.2, 0.25) is 0 Å². The van der Waals surface area contributed by atoms with E-state index >= 15 is 0 Å². The Bertz CT molecular complexity index is 248. The monoisotopic (exact) mass is 194 g/mol. The first kappa shape index (κ1) is 9.56. The van der Waals surface area contributed by atoms with E-state index in [-0.39, 0.29) is 0 Å². The summed E-state index contributed by atoms with van der Waals surface area (Å²) in [7, 11) is 0. The molecule has 1 amide bonds. The highest BCUT2D eigenvalue weighted by Crippen LogP contribution is 2.20. The predicted molar refractivity (Wildman–Crippen MR) is 55.5 cm³/mol. The van der Waals surface area contributed by atoms with E-state index in [1.165, 1.54) is 12.1 Å². The molecule has 2 heterocycles. The van der Waals surface area contributed by atoms with Crippen molar-refractivity contribution in [1.29, 1.82) is 0 Å². The highest BCUT2D eigenvalue weighted by molar-refractivity contribution is 5.78. The summed E-state index contributed by atoms with van der Waals surface area (Å²) in [5.41, 5.74) is 1.20. The van der Waals surface area contributed by atoms with Gasteiger partial charge in [0.2, 0.25) is 5.91 Å². The lowest BCUT2D eigenvalue weighted by Crippen LogP contribution is -2.32. The van der Waals surface area contributed by atoms with Gasteiger partial charge in [0.25, 0.3) is 0 Å². The molecule has 3 nitrogen and oxygen atoms in total. The lowest BCUT2D eigenvalue weighted by atomic mass is 10.1. The molecule has 0 aromatic rings. The Balaban J connectivity index is 2.05. The molecule has 1 fully saturated rings. The van der Waals surface area contributed by atoms with Gasteiger partial charge in [0.1, 0.15) is 0 Å². The molecule has 0 atom stereocenters. The van der Waals surface area contributed by atoms with Gasteiger partial charge in [-0.05, 0) is 25.7 Å². The fourth-order valence-corrected chi connectivity index (χ4v) is 2.13. The Labute approximate surface area is 85.2 Å². The Morgan fingerprint density at radius 3 is 2.86 bits per heavy atom. The van der Waals surface area contributed by atoms with Crippen LogP contribution in [0.5, 0.6) is 0 Å². The number of allylic oxidation sites excluding steroid dienone is 1. The molecular formula is C11H18N2O. The van der Waals surface area contributed by atoms with Crippen molar-refractivity contribution in [3.05, 3.63) is 11.9 Å². The molecule has 1 saturated heterocycles. The SMILES string of the molecule is O=C1CCCCCN1C1=CNCCC1. The molecule has 2 aliphatic rings. The largest absolute Gasteiger partial charge is 0.389 e. The quantitative estimate of drug-likeness (QED) is 0.688. The normalized spacial score (nSPS) is 23.9. The second-order valence-electron chi connectivity index (χ2n) is 4.05. The van der Waals surface area contributed by atoms with E-state index in [4.69, 9.17) is 0 Å². The summed E-state index contributed by atoms with van der Waals surface area (Å²) in [4.78, 5) is 13.8. The molecule has 3 heteroatoms. The molecule has 2 aliphatic heterocycles. The Morgan fingerprint density at radius 2 is 2.07 bits per heavy atom. The van der Waals surface area contributed by atoms with Crippen LogP contribution in [0.15, 0.2) is 11.9 Å². The molecule has 0 aromatic heterocycles. The van der Waals surface area contributed by atoms with Crippen LogP contribution in [0.25, 0.3) is 0 Å². The van der Waals surface area contributed by atoms with Crippen molar-refractivity contribution in [2.24, 2.45) is 0 Å². The number of hydrogen-bond acceptors (Lipinski definition) is 2. The fraction of sp³-hybridized carbons (Fsp3) is 0.727. The third-order valence-electron chi connectivity index (χ3n) is 2.94. The zero-order valence-electron chi connectivity index (χ0n) is 8.59. The Kier molecular flexibility index (Phi) is 3.07. The fourth-order valence-electron chi connectivity index (χ4n) is 2.13. The summed E-state index contributed by atoms with van der Waals surface area (Å²) in [6.45, 7) is 1.97. The van der Waals surface area contributed by atoms with Gasteiger partial charge in [-0.3, -0.25) is 4.79 Å². The number of hydrogen-bond donors (Lipinski definition) is 1. The van der Waals surface area contributed by atoms with Crippen LogP contribution in [0.3, 0.4) is 0 Å². The van der Waals surface area contributed by atoms with E-state index in [9.17, 15) is 4.79 Å². The van der Waals surface area contributed by atoms with Crippen LogP contribution in [0.1, 0.15) is 38.5 Å². The maximum atomic E-state index is 11.8. The number of amides is 1. The molecule has 0 bridgehead atoms. The topological polar surface area (TPSA) is 32.3 Å². The second kappa shape index (κ2) is 4.49. The average molecular weight is 194 g/mol. The first-order chi connectivity index (χ1) is 6.88. The number of rotatable bonds is 1. The zero-order chi connectivity index (χ0) is 9.80. The van der Waals surface area contributed by atoms with Crippen molar-refractivity contribution in [3.8, 4) is 0 Å². The molecule has 0 spiro atoms. The molecule has 0 radical (unpaired) electrons. The van der Waals surface area contributed by atoms with Gasteiger partial charge in [0.05, 0.1) is 0 Å². The third kappa shape index (κ3) is 2.08. The molecule has 0 aromatic carbocycles. The number of nitrogens with zero attached hydrogens (tertiary/aromatic N) is 1. The molecule has 0 saturated carbocycles. The minimum atomic E-state index is 0.317. The van der Waals surface area contributed by atoms with Crippen LogP contribution in [0.4, 0.5) is 0 Å². The van der Waals surface area contributed by atoms with Gasteiger partial charge in [-0.25, -0.2) is 0 Å². The third-order valence-corrected chi connectivity index (χ3v) is 2.94. The van der Waals surface area contributed by atoms with E-state index in [0.29, 0.717) is 5.91 Å². The van der Waals surface area contributed by atoms with Crippen LogP contribution >= 0.6 is 0 Å². The van der Waals surface area contributed by atoms with Crippen LogP contribution < -0.4 is 5.32 Å². The number of carbonyl (C=O) groups is 1. The van der Waals surface area contributed by atoms with Gasteiger partial charge < -0.3 is 10.2 Å². The van der Waals surface area contributed by atoms with E-state index in [0.717, 1.165) is 45.2 Å². The summed E-state index contributed by atoms with van der Waals surface area (Å²) in [5, 5.41) is 3.22. The summed E-state index contributed by atoms with van der Waals surface area (Å²) >= 11 is 0. The summed E-state index contributed by atoms with van der Waals surface area (Å²) in [6, 6.07) is 0. The lowest BCUT2D eigenvalue weighted by Gasteiger charge is -2.26.